The van der Waals surface area contributed by atoms with Gasteiger partial charge in [-0.2, -0.15) is 0 Å². The molecular weight excluding hydrogens is 214 g/mol. The Balaban J connectivity index is 2.31. The molecule has 0 aliphatic rings. The van der Waals surface area contributed by atoms with Crippen molar-refractivity contribution in [2.75, 3.05) is 6.54 Å². The Morgan fingerprint density at radius 1 is 1.24 bits per heavy atom. The van der Waals surface area contributed by atoms with Crippen LogP contribution in [0.15, 0.2) is 30.3 Å². The topological polar surface area (TPSA) is 38.3 Å². The molecule has 0 aliphatic carbocycles. The quantitative estimate of drug-likeness (QED) is 0.770. The van der Waals surface area contributed by atoms with Crippen molar-refractivity contribution >= 4 is 5.97 Å². The van der Waals surface area contributed by atoms with E-state index in [1.165, 1.54) is 0 Å². The largest absolute Gasteiger partial charge is 0.458 e. The molecule has 0 saturated heterocycles. The molecule has 94 valence electrons. The summed E-state index contributed by atoms with van der Waals surface area (Å²) >= 11 is 0. The molecule has 0 bridgehead atoms. The fraction of sp³-hybridized carbons (Fsp3) is 0.500. The zero-order valence-electron chi connectivity index (χ0n) is 10.8. The van der Waals surface area contributed by atoms with Crippen LogP contribution in [0.1, 0.15) is 38.9 Å². The molecule has 0 fully saturated rings. The molecule has 3 heteroatoms. The maximum Gasteiger partial charge on any atom is 0.307 e. The van der Waals surface area contributed by atoms with Gasteiger partial charge in [0.15, 0.2) is 0 Å². The van der Waals surface area contributed by atoms with Gasteiger partial charge in [-0.25, -0.2) is 0 Å². The number of ether oxygens (including phenoxy) is 1. The predicted octanol–water partition coefficient (Wildman–Crippen LogP) is 2.68. The Morgan fingerprint density at radius 2 is 1.88 bits per heavy atom. The third kappa shape index (κ3) is 5.50. The van der Waals surface area contributed by atoms with Crippen molar-refractivity contribution in [1.29, 1.82) is 0 Å². The summed E-state index contributed by atoms with van der Waals surface area (Å²) in [5, 5.41) is 3.19. The SMILES string of the molecule is CC(C)NCCC(=O)OC(C)c1ccccc1. The van der Waals surface area contributed by atoms with Crippen LogP contribution in [0.5, 0.6) is 0 Å². The number of hydrogen-bond acceptors (Lipinski definition) is 3. The first kappa shape index (κ1) is 13.7. The normalized spacial score (nSPS) is 12.5. The van der Waals surface area contributed by atoms with E-state index < -0.39 is 0 Å². The van der Waals surface area contributed by atoms with Gasteiger partial charge in [-0.1, -0.05) is 44.2 Å². The molecule has 1 N–H and O–H groups in total. The van der Waals surface area contributed by atoms with Gasteiger partial charge in [0.05, 0.1) is 6.42 Å². The van der Waals surface area contributed by atoms with Gasteiger partial charge in [-0.15, -0.1) is 0 Å². The van der Waals surface area contributed by atoms with Crippen molar-refractivity contribution < 1.29 is 9.53 Å². The van der Waals surface area contributed by atoms with Gasteiger partial charge in [0.25, 0.3) is 0 Å². The van der Waals surface area contributed by atoms with E-state index in [-0.39, 0.29) is 12.1 Å². The second-order valence-corrected chi connectivity index (χ2v) is 4.40. The number of carbonyl (C=O) groups excluding carboxylic acids is 1. The summed E-state index contributed by atoms with van der Waals surface area (Å²) in [5.41, 5.74) is 1.03. The minimum Gasteiger partial charge on any atom is -0.458 e. The number of benzene rings is 1. The van der Waals surface area contributed by atoms with Crippen LogP contribution in [0, 0.1) is 0 Å². The smallest absolute Gasteiger partial charge is 0.307 e. The molecule has 0 spiro atoms. The third-order valence-electron chi connectivity index (χ3n) is 2.46. The Bertz CT molecular complexity index is 335. The fourth-order valence-corrected chi connectivity index (χ4v) is 1.51. The second kappa shape index (κ2) is 7.07. The molecular formula is C14H21NO2. The van der Waals surface area contributed by atoms with Crippen LogP contribution < -0.4 is 5.32 Å². The molecule has 17 heavy (non-hydrogen) atoms. The lowest BCUT2D eigenvalue weighted by atomic mass is 10.1. The summed E-state index contributed by atoms with van der Waals surface area (Å²) in [6, 6.07) is 10.2. The number of rotatable bonds is 6. The summed E-state index contributed by atoms with van der Waals surface area (Å²) in [5.74, 6) is -0.158. The van der Waals surface area contributed by atoms with E-state index in [0.29, 0.717) is 19.0 Å². The van der Waals surface area contributed by atoms with E-state index in [4.69, 9.17) is 4.74 Å². The second-order valence-electron chi connectivity index (χ2n) is 4.40. The van der Waals surface area contributed by atoms with Gasteiger partial charge in [0, 0.05) is 12.6 Å². The van der Waals surface area contributed by atoms with Gasteiger partial charge in [0.1, 0.15) is 6.10 Å². The zero-order chi connectivity index (χ0) is 12.7. The van der Waals surface area contributed by atoms with Crippen molar-refractivity contribution in [3.8, 4) is 0 Å². The Labute approximate surface area is 103 Å². The van der Waals surface area contributed by atoms with Gasteiger partial charge in [-0.05, 0) is 12.5 Å². The van der Waals surface area contributed by atoms with E-state index in [1.54, 1.807) is 0 Å². The molecule has 1 rings (SSSR count). The van der Waals surface area contributed by atoms with Crippen LogP contribution in [0.2, 0.25) is 0 Å². The van der Waals surface area contributed by atoms with Crippen molar-refractivity contribution in [3.63, 3.8) is 0 Å². The highest BCUT2D eigenvalue weighted by atomic mass is 16.5. The number of carbonyl (C=O) groups is 1. The van der Waals surface area contributed by atoms with Gasteiger partial charge < -0.3 is 10.1 Å². The van der Waals surface area contributed by atoms with Crippen molar-refractivity contribution in [1.82, 2.24) is 5.32 Å². The van der Waals surface area contributed by atoms with Crippen LogP contribution in [-0.2, 0) is 9.53 Å². The van der Waals surface area contributed by atoms with Crippen LogP contribution in [0.25, 0.3) is 0 Å². The van der Waals surface area contributed by atoms with E-state index in [2.05, 4.69) is 19.2 Å². The van der Waals surface area contributed by atoms with E-state index >= 15 is 0 Å². The monoisotopic (exact) mass is 235 g/mol. The molecule has 0 saturated carbocycles. The predicted molar refractivity (Wildman–Crippen MR) is 68.7 cm³/mol. The molecule has 0 aliphatic heterocycles. The summed E-state index contributed by atoms with van der Waals surface area (Å²) in [6.45, 7) is 6.66. The summed E-state index contributed by atoms with van der Waals surface area (Å²) < 4.78 is 5.34. The average molecular weight is 235 g/mol. The lowest BCUT2D eigenvalue weighted by molar-refractivity contribution is -0.148. The van der Waals surface area contributed by atoms with Crippen molar-refractivity contribution in [2.24, 2.45) is 0 Å². The summed E-state index contributed by atoms with van der Waals surface area (Å²) in [6.07, 6.45) is 0.234. The van der Waals surface area contributed by atoms with E-state index in [9.17, 15) is 4.79 Å². The lowest BCUT2D eigenvalue weighted by Gasteiger charge is -2.14. The molecule has 0 heterocycles. The zero-order valence-corrected chi connectivity index (χ0v) is 10.8. The maximum absolute atomic E-state index is 11.5. The van der Waals surface area contributed by atoms with Crippen molar-refractivity contribution in [3.05, 3.63) is 35.9 Å². The van der Waals surface area contributed by atoms with Gasteiger partial charge in [-0.3, -0.25) is 4.79 Å². The molecule has 1 unspecified atom stereocenters. The maximum atomic E-state index is 11.5. The van der Waals surface area contributed by atoms with Gasteiger partial charge >= 0.3 is 5.97 Å². The molecule has 1 aromatic rings. The summed E-state index contributed by atoms with van der Waals surface area (Å²) in [4.78, 5) is 11.5. The summed E-state index contributed by atoms with van der Waals surface area (Å²) in [7, 11) is 0. The van der Waals surface area contributed by atoms with E-state index in [0.717, 1.165) is 5.56 Å². The Morgan fingerprint density at radius 3 is 2.47 bits per heavy atom. The minimum atomic E-state index is -0.178. The number of hydrogen-bond donors (Lipinski definition) is 1. The lowest BCUT2D eigenvalue weighted by Crippen LogP contribution is -2.26. The number of nitrogens with one attached hydrogen (secondary N) is 1. The molecule has 0 amide bonds. The third-order valence-corrected chi connectivity index (χ3v) is 2.46. The molecule has 0 aromatic heterocycles. The first-order valence-corrected chi connectivity index (χ1v) is 6.07. The standard InChI is InChI=1S/C14H21NO2/c1-11(2)15-10-9-14(16)17-12(3)13-7-5-4-6-8-13/h4-8,11-12,15H,9-10H2,1-3H3. The highest BCUT2D eigenvalue weighted by molar-refractivity contribution is 5.69. The minimum absolute atomic E-state index is 0.158. The first-order valence-electron chi connectivity index (χ1n) is 6.07. The van der Waals surface area contributed by atoms with Crippen LogP contribution in [-0.4, -0.2) is 18.6 Å². The van der Waals surface area contributed by atoms with E-state index in [1.807, 2.05) is 37.3 Å². The Hall–Kier alpha value is -1.35. The van der Waals surface area contributed by atoms with Crippen molar-refractivity contribution in [2.45, 2.75) is 39.3 Å². The fourth-order valence-electron chi connectivity index (χ4n) is 1.51. The average Bonchev–Trinajstić information content (AvgIpc) is 2.29. The molecule has 1 aromatic carbocycles. The van der Waals surface area contributed by atoms with Gasteiger partial charge in [0.2, 0.25) is 0 Å². The van der Waals surface area contributed by atoms with Crippen LogP contribution in [0.3, 0.4) is 0 Å². The first-order chi connectivity index (χ1) is 8.09. The highest BCUT2D eigenvalue weighted by Gasteiger charge is 2.10. The number of esters is 1. The molecule has 1 atom stereocenters. The molecule has 3 nitrogen and oxygen atoms in total. The van der Waals surface area contributed by atoms with Crippen LogP contribution in [0.4, 0.5) is 0 Å². The van der Waals surface area contributed by atoms with Crippen LogP contribution >= 0.6 is 0 Å². The highest BCUT2D eigenvalue weighted by Crippen LogP contribution is 2.16. The Kier molecular flexibility index (Phi) is 5.70. The molecule has 0 radical (unpaired) electrons.